The molecule has 2 aromatic rings. The molecule has 0 saturated carbocycles. The number of benzene rings is 1. The van der Waals surface area contributed by atoms with Crippen LogP contribution in [-0.4, -0.2) is 32.9 Å². The fourth-order valence-corrected chi connectivity index (χ4v) is 3.32. The van der Waals surface area contributed by atoms with Gasteiger partial charge in [-0.3, -0.25) is 4.79 Å². The zero-order chi connectivity index (χ0) is 22.2. The van der Waals surface area contributed by atoms with E-state index in [1.807, 2.05) is 0 Å². The van der Waals surface area contributed by atoms with Crippen molar-refractivity contribution in [3.8, 4) is 6.07 Å². The minimum absolute atomic E-state index is 0. The van der Waals surface area contributed by atoms with Crippen molar-refractivity contribution in [1.82, 2.24) is 14.5 Å². The lowest BCUT2D eigenvalue weighted by Crippen LogP contribution is -2.42. The number of alkyl halides is 3. The first kappa shape index (κ1) is 24.5. The molecular weight excluding hydrogens is 452 g/mol. The molecule has 0 bridgehead atoms. The van der Waals surface area contributed by atoms with Gasteiger partial charge in [-0.25, -0.2) is 18.2 Å². The number of carbonyl (C=O) groups is 1. The van der Waals surface area contributed by atoms with Crippen LogP contribution < -0.4 is 5.73 Å². The zero-order valence-corrected chi connectivity index (χ0v) is 16.5. The summed E-state index contributed by atoms with van der Waals surface area (Å²) in [7, 11) is 0. The monoisotopic (exact) mass is 467 g/mol. The number of amides is 1. The average Bonchev–Trinajstić information content (AvgIpc) is 3.04. The Bertz CT molecular complexity index is 1030. The number of fused-ring (bicyclic) bond motifs is 1. The van der Waals surface area contributed by atoms with Gasteiger partial charge in [-0.05, 0) is 18.1 Å². The van der Waals surface area contributed by atoms with Crippen LogP contribution in [0.25, 0.3) is 0 Å². The molecular formula is C18H16ClF6N5O. The van der Waals surface area contributed by atoms with E-state index in [1.54, 1.807) is 6.07 Å². The summed E-state index contributed by atoms with van der Waals surface area (Å²) in [6.45, 7) is -0.545. The highest BCUT2D eigenvalue weighted by Gasteiger charge is 2.40. The predicted octanol–water partition coefficient (Wildman–Crippen LogP) is 2.91. The molecule has 1 aromatic heterocycles. The molecule has 0 radical (unpaired) electrons. The molecule has 0 aliphatic carbocycles. The van der Waals surface area contributed by atoms with Crippen LogP contribution in [0, 0.1) is 28.8 Å². The summed E-state index contributed by atoms with van der Waals surface area (Å²) < 4.78 is 80.1. The molecule has 0 unspecified atom stereocenters. The van der Waals surface area contributed by atoms with Crippen LogP contribution in [0.3, 0.4) is 0 Å². The molecule has 1 atom stereocenters. The van der Waals surface area contributed by atoms with Crippen LogP contribution in [0.2, 0.25) is 0 Å². The van der Waals surface area contributed by atoms with Crippen LogP contribution in [-0.2, 0) is 30.5 Å². The quantitative estimate of drug-likeness (QED) is 0.553. The Labute approximate surface area is 178 Å². The number of imidazole rings is 1. The van der Waals surface area contributed by atoms with Crippen molar-refractivity contribution in [1.29, 1.82) is 5.26 Å². The third-order valence-electron chi connectivity index (χ3n) is 4.73. The molecule has 31 heavy (non-hydrogen) atoms. The van der Waals surface area contributed by atoms with Crippen molar-refractivity contribution in [2.45, 2.75) is 38.1 Å². The molecule has 1 amide bonds. The zero-order valence-electron chi connectivity index (χ0n) is 15.7. The van der Waals surface area contributed by atoms with Gasteiger partial charge in [0.1, 0.15) is 11.9 Å². The Hall–Kier alpha value is -2.78. The van der Waals surface area contributed by atoms with E-state index in [2.05, 4.69) is 4.98 Å². The van der Waals surface area contributed by atoms with Gasteiger partial charge in [0, 0.05) is 31.6 Å². The highest BCUT2D eigenvalue weighted by molar-refractivity contribution is 5.85. The van der Waals surface area contributed by atoms with Crippen molar-refractivity contribution in [3.63, 3.8) is 0 Å². The molecule has 1 aromatic carbocycles. The highest BCUT2D eigenvalue weighted by Crippen LogP contribution is 2.32. The Kier molecular flexibility index (Phi) is 7.23. The predicted molar refractivity (Wildman–Crippen MR) is 97.2 cm³/mol. The summed E-state index contributed by atoms with van der Waals surface area (Å²) in [5.74, 6) is -5.34. The van der Waals surface area contributed by atoms with Crippen molar-refractivity contribution in [2.75, 3.05) is 6.54 Å². The number of rotatable bonds is 4. The fourth-order valence-electron chi connectivity index (χ4n) is 3.32. The molecule has 1 aliphatic heterocycles. The Morgan fingerprint density at radius 3 is 2.45 bits per heavy atom. The van der Waals surface area contributed by atoms with Crippen molar-refractivity contribution in [3.05, 3.63) is 52.4 Å². The maximum atomic E-state index is 13.7. The normalized spacial score (nSPS) is 14.5. The standard InChI is InChI=1S/C18H15F6N5O.ClH/c19-11-6-13(21)12(20)4-9(11)3-10(26)5-16(30)28-1-2-29-15(8-28)14(7-25)27-17(29)18(22,23)24;/h4,6,10H,1-3,5,8,26H2;1H/t10-;/m1./s1. The second-order valence-electron chi connectivity index (χ2n) is 6.83. The van der Waals surface area contributed by atoms with E-state index in [0.717, 1.165) is 4.57 Å². The number of nitriles is 1. The molecule has 6 nitrogen and oxygen atoms in total. The third-order valence-corrected chi connectivity index (χ3v) is 4.73. The third kappa shape index (κ3) is 5.11. The van der Waals surface area contributed by atoms with E-state index >= 15 is 0 Å². The second kappa shape index (κ2) is 9.15. The van der Waals surface area contributed by atoms with Gasteiger partial charge in [0.2, 0.25) is 11.7 Å². The largest absolute Gasteiger partial charge is 0.449 e. The van der Waals surface area contributed by atoms with Crippen molar-refractivity contribution >= 4 is 18.3 Å². The van der Waals surface area contributed by atoms with Gasteiger partial charge in [0.25, 0.3) is 0 Å². The van der Waals surface area contributed by atoms with Gasteiger partial charge >= 0.3 is 6.18 Å². The number of hydrogen-bond donors (Lipinski definition) is 1. The molecule has 1 aliphatic rings. The van der Waals surface area contributed by atoms with E-state index in [1.165, 1.54) is 4.90 Å². The van der Waals surface area contributed by atoms with Gasteiger partial charge in [-0.1, -0.05) is 0 Å². The fraction of sp³-hybridized carbons (Fsp3) is 0.389. The summed E-state index contributed by atoms with van der Waals surface area (Å²) in [5, 5.41) is 9.07. The van der Waals surface area contributed by atoms with Crippen LogP contribution in [0.5, 0.6) is 0 Å². The van der Waals surface area contributed by atoms with E-state index < -0.39 is 47.1 Å². The lowest BCUT2D eigenvalue weighted by atomic mass is 10.0. The number of halogens is 7. The first-order valence-electron chi connectivity index (χ1n) is 8.74. The van der Waals surface area contributed by atoms with Crippen LogP contribution in [0.1, 0.15) is 29.2 Å². The van der Waals surface area contributed by atoms with Crippen LogP contribution in [0.15, 0.2) is 12.1 Å². The molecule has 3 rings (SSSR count). The molecule has 0 fully saturated rings. The number of carbonyl (C=O) groups excluding carboxylic acids is 1. The van der Waals surface area contributed by atoms with Gasteiger partial charge in [0.05, 0.1) is 12.2 Å². The summed E-state index contributed by atoms with van der Waals surface area (Å²) in [5.41, 5.74) is 5.17. The number of nitrogens with two attached hydrogens (primary N) is 1. The van der Waals surface area contributed by atoms with Gasteiger partial charge in [0.15, 0.2) is 17.3 Å². The number of hydrogen-bond acceptors (Lipinski definition) is 4. The summed E-state index contributed by atoms with van der Waals surface area (Å²) in [6.07, 6.45) is -5.30. The Morgan fingerprint density at radius 1 is 1.19 bits per heavy atom. The highest BCUT2D eigenvalue weighted by atomic mass is 35.5. The molecule has 2 heterocycles. The van der Waals surface area contributed by atoms with Gasteiger partial charge in [-0.15, -0.1) is 12.4 Å². The summed E-state index contributed by atoms with van der Waals surface area (Å²) in [6, 6.07) is 1.69. The van der Waals surface area contributed by atoms with Gasteiger partial charge in [-0.2, -0.15) is 18.4 Å². The maximum Gasteiger partial charge on any atom is 0.449 e. The molecule has 0 spiro atoms. The average molecular weight is 468 g/mol. The van der Waals surface area contributed by atoms with E-state index in [0.29, 0.717) is 12.1 Å². The van der Waals surface area contributed by atoms with Gasteiger partial charge < -0.3 is 15.2 Å². The first-order chi connectivity index (χ1) is 14.0. The van der Waals surface area contributed by atoms with Crippen LogP contribution >= 0.6 is 12.4 Å². The molecule has 0 saturated heterocycles. The minimum atomic E-state index is -4.74. The minimum Gasteiger partial charge on any atom is -0.335 e. The Morgan fingerprint density at radius 2 is 1.84 bits per heavy atom. The maximum absolute atomic E-state index is 13.7. The smallest absolute Gasteiger partial charge is 0.335 e. The topological polar surface area (TPSA) is 87.9 Å². The Balaban J connectivity index is 0.00000341. The number of aromatic nitrogens is 2. The van der Waals surface area contributed by atoms with E-state index in [-0.39, 0.29) is 56.1 Å². The molecule has 2 N–H and O–H groups in total. The number of nitrogens with zero attached hydrogens (tertiary/aromatic N) is 4. The van der Waals surface area contributed by atoms with Crippen molar-refractivity contribution < 1.29 is 31.1 Å². The lowest BCUT2D eigenvalue weighted by molar-refractivity contribution is -0.148. The molecule has 168 valence electrons. The summed E-state index contributed by atoms with van der Waals surface area (Å²) >= 11 is 0. The van der Waals surface area contributed by atoms with Crippen LogP contribution in [0.4, 0.5) is 26.3 Å². The lowest BCUT2D eigenvalue weighted by Gasteiger charge is -2.30. The van der Waals surface area contributed by atoms with E-state index in [9.17, 15) is 31.1 Å². The molecule has 13 heteroatoms. The SMILES string of the molecule is Cl.N#Cc1nc(C(F)(F)F)n2c1CN(C(=O)C[C@H](N)Cc1cc(F)c(F)cc1F)CC2. The first-order valence-corrected chi connectivity index (χ1v) is 8.74. The van der Waals surface area contributed by atoms with E-state index in [4.69, 9.17) is 11.0 Å². The second-order valence-corrected chi connectivity index (χ2v) is 6.83. The summed E-state index contributed by atoms with van der Waals surface area (Å²) in [4.78, 5) is 17.0. The van der Waals surface area contributed by atoms with Crippen molar-refractivity contribution in [2.24, 2.45) is 5.73 Å².